The molecule has 4 rings (SSSR count). The topological polar surface area (TPSA) is 49.3 Å². The Balaban J connectivity index is 1.48. The van der Waals surface area contributed by atoms with E-state index in [1.54, 1.807) is 0 Å². The third-order valence-corrected chi connectivity index (χ3v) is 5.79. The number of nitrogens with zero attached hydrogens (tertiary/aromatic N) is 4. The summed E-state index contributed by atoms with van der Waals surface area (Å²) in [6, 6.07) is 0. The molecule has 0 aromatic carbocycles. The van der Waals surface area contributed by atoms with Crippen molar-refractivity contribution >= 4 is 17.4 Å². The maximum atomic E-state index is 12.3. The van der Waals surface area contributed by atoms with E-state index in [0.29, 0.717) is 5.91 Å². The largest absolute Gasteiger partial charge is 0.335 e. The molecular formula is C15H22N4OS. The second kappa shape index (κ2) is 5.32. The lowest BCUT2D eigenvalue weighted by molar-refractivity contribution is -0.133. The summed E-state index contributed by atoms with van der Waals surface area (Å²) in [6.45, 7) is 4.02. The fourth-order valence-corrected chi connectivity index (χ4v) is 4.42. The van der Waals surface area contributed by atoms with Gasteiger partial charge in [-0.25, -0.2) is 0 Å². The summed E-state index contributed by atoms with van der Waals surface area (Å²) in [5.41, 5.74) is 1.18. The van der Waals surface area contributed by atoms with Crippen molar-refractivity contribution in [1.82, 2.24) is 19.4 Å². The number of hydrogen-bond acceptors (Lipinski definition) is 5. The maximum Gasteiger partial charge on any atom is 0.223 e. The maximum absolute atomic E-state index is 12.3. The number of likely N-dealkylation sites (tertiary alicyclic amines) is 2. The summed E-state index contributed by atoms with van der Waals surface area (Å²) in [5.74, 6) is 1.17. The van der Waals surface area contributed by atoms with Crippen molar-refractivity contribution in [2.24, 2.45) is 5.92 Å². The molecule has 3 heterocycles. The summed E-state index contributed by atoms with van der Waals surface area (Å²) in [7, 11) is 0. The molecule has 0 N–H and O–H groups in total. The van der Waals surface area contributed by atoms with Crippen LogP contribution in [0.25, 0.3) is 0 Å². The second-order valence-electron chi connectivity index (χ2n) is 6.88. The minimum absolute atomic E-state index is 0.112. The number of piperidine rings is 1. The molecule has 114 valence electrons. The quantitative estimate of drug-likeness (QED) is 0.852. The highest BCUT2D eigenvalue weighted by atomic mass is 32.1. The van der Waals surface area contributed by atoms with Crippen LogP contribution in [0.3, 0.4) is 0 Å². The van der Waals surface area contributed by atoms with E-state index >= 15 is 0 Å². The minimum atomic E-state index is 0.112. The van der Waals surface area contributed by atoms with Crippen LogP contribution in [0.4, 0.5) is 0 Å². The fraction of sp³-hybridized carbons (Fsp3) is 0.800. The van der Waals surface area contributed by atoms with Gasteiger partial charge in [0.05, 0.1) is 11.2 Å². The van der Waals surface area contributed by atoms with E-state index in [4.69, 9.17) is 0 Å². The smallest absolute Gasteiger partial charge is 0.223 e. The number of aromatic nitrogens is 2. The van der Waals surface area contributed by atoms with E-state index < -0.39 is 0 Å². The molecule has 3 fully saturated rings. The predicted octanol–water partition coefficient (Wildman–Crippen LogP) is 1.91. The van der Waals surface area contributed by atoms with Gasteiger partial charge in [-0.3, -0.25) is 9.69 Å². The third kappa shape index (κ3) is 2.71. The summed E-state index contributed by atoms with van der Waals surface area (Å²) < 4.78 is 3.95. The van der Waals surface area contributed by atoms with Gasteiger partial charge in [0.2, 0.25) is 5.91 Å². The van der Waals surface area contributed by atoms with Crippen LogP contribution >= 0.6 is 11.5 Å². The molecular weight excluding hydrogens is 284 g/mol. The summed E-state index contributed by atoms with van der Waals surface area (Å²) >= 11 is 1.42. The predicted molar refractivity (Wildman–Crippen MR) is 80.8 cm³/mol. The van der Waals surface area contributed by atoms with Gasteiger partial charge in [-0.2, -0.15) is 0 Å². The zero-order chi connectivity index (χ0) is 14.3. The average Bonchev–Trinajstić information content (AvgIpc) is 3.09. The molecule has 1 saturated carbocycles. The Labute approximate surface area is 129 Å². The Morgan fingerprint density at radius 2 is 2.29 bits per heavy atom. The van der Waals surface area contributed by atoms with Crippen LogP contribution in [0.15, 0.2) is 5.38 Å². The first-order valence-electron chi connectivity index (χ1n) is 8.04. The minimum Gasteiger partial charge on any atom is -0.335 e. The Bertz CT molecular complexity index is 516. The molecule has 3 aliphatic rings. The summed E-state index contributed by atoms with van der Waals surface area (Å²) in [4.78, 5) is 17.0. The molecule has 21 heavy (non-hydrogen) atoms. The van der Waals surface area contributed by atoms with Crippen LogP contribution in [0.1, 0.15) is 44.2 Å². The SMILES string of the molecule is O=C1CCC2(CCCN(Cc3csnn3)C2)N1CC1CC1. The van der Waals surface area contributed by atoms with E-state index in [9.17, 15) is 4.79 Å². The van der Waals surface area contributed by atoms with Crippen LogP contribution in [0.5, 0.6) is 0 Å². The van der Waals surface area contributed by atoms with E-state index in [1.165, 1.54) is 37.2 Å². The Hall–Kier alpha value is -1.01. The lowest BCUT2D eigenvalue weighted by Crippen LogP contribution is -2.56. The zero-order valence-corrected chi connectivity index (χ0v) is 13.1. The molecule has 6 heteroatoms. The molecule has 1 aromatic rings. The number of amides is 1. The highest BCUT2D eigenvalue weighted by molar-refractivity contribution is 7.03. The second-order valence-corrected chi connectivity index (χ2v) is 7.49. The number of rotatable bonds is 4. The highest BCUT2D eigenvalue weighted by Crippen LogP contribution is 2.41. The van der Waals surface area contributed by atoms with E-state index in [0.717, 1.165) is 50.6 Å². The molecule has 2 aliphatic heterocycles. The summed E-state index contributed by atoms with van der Waals surface area (Å²) in [6.07, 6.45) is 6.79. The summed E-state index contributed by atoms with van der Waals surface area (Å²) in [5, 5.41) is 6.19. The molecule has 1 aliphatic carbocycles. The molecule has 1 unspecified atom stereocenters. The van der Waals surface area contributed by atoms with Crippen LogP contribution < -0.4 is 0 Å². The molecule has 1 amide bonds. The van der Waals surface area contributed by atoms with Gasteiger partial charge in [0.1, 0.15) is 0 Å². The normalized spacial score (nSPS) is 30.5. The van der Waals surface area contributed by atoms with Gasteiger partial charge in [0, 0.05) is 31.4 Å². The van der Waals surface area contributed by atoms with Crippen LogP contribution in [-0.4, -0.2) is 50.5 Å². The van der Waals surface area contributed by atoms with Crippen LogP contribution in [0, 0.1) is 5.92 Å². The van der Waals surface area contributed by atoms with Crippen molar-refractivity contribution in [1.29, 1.82) is 0 Å². The van der Waals surface area contributed by atoms with Crippen molar-refractivity contribution in [3.05, 3.63) is 11.1 Å². The molecule has 1 aromatic heterocycles. The van der Waals surface area contributed by atoms with E-state index in [2.05, 4.69) is 19.4 Å². The average molecular weight is 306 g/mol. The van der Waals surface area contributed by atoms with Gasteiger partial charge in [-0.1, -0.05) is 4.49 Å². The first kappa shape index (κ1) is 13.6. The Morgan fingerprint density at radius 3 is 3.05 bits per heavy atom. The number of carbonyl (C=O) groups is 1. The van der Waals surface area contributed by atoms with Gasteiger partial charge < -0.3 is 4.90 Å². The van der Waals surface area contributed by atoms with Gasteiger partial charge in [-0.05, 0) is 56.1 Å². The lowest BCUT2D eigenvalue weighted by atomic mass is 9.86. The molecule has 0 radical (unpaired) electrons. The van der Waals surface area contributed by atoms with Gasteiger partial charge in [0.15, 0.2) is 0 Å². The Kier molecular flexibility index (Phi) is 3.46. The number of hydrogen-bond donors (Lipinski definition) is 0. The van der Waals surface area contributed by atoms with Crippen molar-refractivity contribution < 1.29 is 4.79 Å². The lowest BCUT2D eigenvalue weighted by Gasteiger charge is -2.46. The molecule has 0 bridgehead atoms. The molecule has 1 atom stereocenters. The first-order valence-corrected chi connectivity index (χ1v) is 8.88. The Morgan fingerprint density at radius 1 is 1.38 bits per heavy atom. The van der Waals surface area contributed by atoms with Crippen LogP contribution in [0.2, 0.25) is 0 Å². The fourth-order valence-electron chi connectivity index (χ4n) is 3.98. The third-order valence-electron chi connectivity index (χ3n) is 5.24. The number of carbonyl (C=O) groups excluding carboxylic acids is 1. The van der Waals surface area contributed by atoms with Gasteiger partial charge in [-0.15, -0.1) is 5.10 Å². The molecule has 2 saturated heterocycles. The van der Waals surface area contributed by atoms with Gasteiger partial charge >= 0.3 is 0 Å². The standard InChI is InChI=1S/C15H22N4OS/c20-14-4-6-15(19(14)8-12-2-3-12)5-1-7-18(11-15)9-13-10-21-17-16-13/h10,12H,1-9,11H2. The van der Waals surface area contributed by atoms with Crippen LogP contribution in [-0.2, 0) is 11.3 Å². The molecule has 1 spiro atoms. The van der Waals surface area contributed by atoms with Crippen molar-refractivity contribution in [2.45, 2.75) is 50.6 Å². The molecule has 5 nitrogen and oxygen atoms in total. The van der Waals surface area contributed by atoms with Crippen molar-refractivity contribution in [3.63, 3.8) is 0 Å². The monoisotopic (exact) mass is 306 g/mol. The van der Waals surface area contributed by atoms with Crippen molar-refractivity contribution in [3.8, 4) is 0 Å². The van der Waals surface area contributed by atoms with E-state index in [1.807, 2.05) is 5.38 Å². The highest BCUT2D eigenvalue weighted by Gasteiger charge is 2.48. The van der Waals surface area contributed by atoms with Gasteiger partial charge in [0.25, 0.3) is 0 Å². The first-order chi connectivity index (χ1) is 10.3. The van der Waals surface area contributed by atoms with E-state index in [-0.39, 0.29) is 5.54 Å². The zero-order valence-electron chi connectivity index (χ0n) is 12.3. The van der Waals surface area contributed by atoms with Crippen molar-refractivity contribution in [2.75, 3.05) is 19.6 Å².